The van der Waals surface area contributed by atoms with Gasteiger partial charge in [-0.15, -0.1) is 0 Å². The minimum absolute atomic E-state index is 0.204. The molecule has 0 aliphatic carbocycles. The maximum Gasteiger partial charge on any atom is 0.239 e. The van der Waals surface area contributed by atoms with Crippen molar-refractivity contribution in [2.75, 3.05) is 13.2 Å². The predicted octanol–water partition coefficient (Wildman–Crippen LogP) is 1.54. The quantitative estimate of drug-likeness (QED) is 0.817. The molecule has 3 N–H and O–H groups in total. The molecule has 0 aromatic heterocycles. The summed E-state index contributed by atoms with van der Waals surface area (Å²) < 4.78 is 5.56. The van der Waals surface area contributed by atoms with E-state index in [-0.39, 0.29) is 12.0 Å². The summed E-state index contributed by atoms with van der Waals surface area (Å²) in [6.45, 7) is 3.57. The summed E-state index contributed by atoms with van der Waals surface area (Å²) >= 11 is 0. The van der Waals surface area contributed by atoms with Gasteiger partial charge in [0.25, 0.3) is 0 Å². The number of hydrogen-bond acceptors (Lipinski definition) is 3. The number of benzene rings is 1. The van der Waals surface area contributed by atoms with E-state index in [2.05, 4.69) is 12.2 Å². The van der Waals surface area contributed by atoms with E-state index in [1.807, 2.05) is 24.3 Å². The number of aryl methyl sites for hydroxylation is 1. The van der Waals surface area contributed by atoms with E-state index in [1.165, 1.54) is 0 Å². The number of ether oxygens (including phenoxy) is 1. The predicted molar refractivity (Wildman–Crippen MR) is 74.7 cm³/mol. The Bertz CT molecular complexity index is 428. The third-order valence-electron chi connectivity index (χ3n) is 3.61. The Hall–Kier alpha value is -1.39. The van der Waals surface area contributed by atoms with Crippen LogP contribution in [-0.4, -0.2) is 25.2 Å². The van der Waals surface area contributed by atoms with Gasteiger partial charge in [-0.3, -0.25) is 10.1 Å². The van der Waals surface area contributed by atoms with Crippen LogP contribution in [0, 0.1) is 0 Å². The molecule has 104 valence electrons. The smallest absolute Gasteiger partial charge is 0.239 e. The summed E-state index contributed by atoms with van der Waals surface area (Å²) in [6.07, 6.45) is 3.24. The van der Waals surface area contributed by atoms with Crippen LogP contribution < -0.4 is 11.1 Å². The Morgan fingerprint density at radius 1 is 1.53 bits per heavy atom. The van der Waals surface area contributed by atoms with E-state index in [0.717, 1.165) is 37.0 Å². The van der Waals surface area contributed by atoms with Gasteiger partial charge >= 0.3 is 0 Å². The Morgan fingerprint density at radius 2 is 2.32 bits per heavy atom. The lowest BCUT2D eigenvalue weighted by atomic mass is 9.98. The molecular weight excluding hydrogens is 240 g/mol. The van der Waals surface area contributed by atoms with E-state index in [0.29, 0.717) is 6.54 Å². The van der Waals surface area contributed by atoms with Gasteiger partial charge < -0.3 is 10.5 Å². The fourth-order valence-electron chi connectivity index (χ4n) is 2.56. The number of nitrogens with two attached hydrogens (primary N) is 1. The number of nitrogens with one attached hydrogen (secondary N) is 1. The van der Waals surface area contributed by atoms with Gasteiger partial charge in [0.05, 0.1) is 6.10 Å². The van der Waals surface area contributed by atoms with Gasteiger partial charge in [0, 0.05) is 13.2 Å². The second-order valence-corrected chi connectivity index (χ2v) is 4.93. The van der Waals surface area contributed by atoms with Crippen molar-refractivity contribution in [2.24, 2.45) is 5.73 Å². The van der Waals surface area contributed by atoms with Gasteiger partial charge in [-0.1, -0.05) is 31.2 Å². The molecule has 1 aliphatic rings. The molecule has 4 nitrogen and oxygen atoms in total. The van der Waals surface area contributed by atoms with Crippen LogP contribution in [0.3, 0.4) is 0 Å². The lowest BCUT2D eigenvalue weighted by Crippen LogP contribution is -2.38. The zero-order valence-corrected chi connectivity index (χ0v) is 11.4. The van der Waals surface area contributed by atoms with E-state index < -0.39 is 6.04 Å². The molecule has 0 bridgehead atoms. The molecule has 1 aromatic rings. The van der Waals surface area contributed by atoms with Crippen molar-refractivity contribution in [1.29, 1.82) is 0 Å². The molecule has 1 aliphatic heterocycles. The van der Waals surface area contributed by atoms with Crippen molar-refractivity contribution in [3.63, 3.8) is 0 Å². The second-order valence-electron chi connectivity index (χ2n) is 4.93. The number of amides is 1. The normalized spacial score (nSPS) is 20.4. The number of carbonyl (C=O) groups is 1. The maximum absolute atomic E-state index is 11.7. The van der Waals surface area contributed by atoms with Gasteiger partial charge in [-0.25, -0.2) is 0 Å². The molecule has 2 unspecified atom stereocenters. The fraction of sp³-hybridized carbons (Fsp3) is 0.533. The molecule has 19 heavy (non-hydrogen) atoms. The van der Waals surface area contributed by atoms with Crippen LogP contribution >= 0.6 is 0 Å². The van der Waals surface area contributed by atoms with Crippen molar-refractivity contribution in [3.05, 3.63) is 35.4 Å². The number of carbonyl (C=O) groups excluding carboxylic acids is 1. The standard InChI is InChI=1S/C15H22N2O2/c1-2-11-6-3-4-8-13(11)14(15(16)18)17-10-12-7-5-9-19-12/h3-4,6,8,12,14,17H,2,5,7,9-10H2,1H3,(H2,16,18). The highest BCUT2D eigenvalue weighted by Crippen LogP contribution is 2.19. The first-order valence-corrected chi connectivity index (χ1v) is 6.94. The molecule has 1 saturated heterocycles. The highest BCUT2D eigenvalue weighted by molar-refractivity contribution is 5.81. The monoisotopic (exact) mass is 262 g/mol. The van der Waals surface area contributed by atoms with Gasteiger partial charge in [0.15, 0.2) is 0 Å². The van der Waals surface area contributed by atoms with Crippen molar-refractivity contribution in [2.45, 2.75) is 38.3 Å². The SMILES string of the molecule is CCc1ccccc1C(NCC1CCCO1)C(N)=O. The van der Waals surface area contributed by atoms with Gasteiger partial charge in [0.2, 0.25) is 5.91 Å². The molecule has 4 heteroatoms. The molecule has 2 atom stereocenters. The molecule has 0 radical (unpaired) electrons. The topological polar surface area (TPSA) is 64.3 Å². The van der Waals surface area contributed by atoms with E-state index in [4.69, 9.17) is 10.5 Å². The Labute approximate surface area is 114 Å². The van der Waals surface area contributed by atoms with Crippen LogP contribution in [-0.2, 0) is 16.0 Å². The first kappa shape index (κ1) is 14.0. The zero-order chi connectivity index (χ0) is 13.7. The lowest BCUT2D eigenvalue weighted by Gasteiger charge is -2.20. The van der Waals surface area contributed by atoms with Crippen molar-refractivity contribution < 1.29 is 9.53 Å². The highest BCUT2D eigenvalue weighted by atomic mass is 16.5. The summed E-state index contributed by atoms with van der Waals surface area (Å²) in [5, 5.41) is 3.25. The van der Waals surface area contributed by atoms with Crippen molar-refractivity contribution in [1.82, 2.24) is 5.32 Å². The number of rotatable bonds is 6. The maximum atomic E-state index is 11.7. The van der Waals surface area contributed by atoms with E-state index in [9.17, 15) is 4.79 Å². The van der Waals surface area contributed by atoms with Crippen LogP contribution in [0.15, 0.2) is 24.3 Å². The number of hydrogen-bond donors (Lipinski definition) is 2. The fourth-order valence-corrected chi connectivity index (χ4v) is 2.56. The second kappa shape index (κ2) is 6.68. The van der Waals surface area contributed by atoms with Crippen LogP contribution in [0.4, 0.5) is 0 Å². The molecular formula is C15H22N2O2. The molecule has 1 heterocycles. The average molecular weight is 262 g/mol. The molecule has 1 aromatic carbocycles. The lowest BCUT2D eigenvalue weighted by molar-refractivity contribution is -0.120. The molecule has 1 amide bonds. The van der Waals surface area contributed by atoms with E-state index in [1.54, 1.807) is 0 Å². The first-order chi connectivity index (χ1) is 9.22. The summed E-state index contributed by atoms with van der Waals surface area (Å²) in [5.41, 5.74) is 7.68. The Morgan fingerprint density at radius 3 is 2.95 bits per heavy atom. The van der Waals surface area contributed by atoms with Crippen LogP contribution in [0.5, 0.6) is 0 Å². The Balaban J connectivity index is 2.08. The largest absolute Gasteiger partial charge is 0.377 e. The van der Waals surface area contributed by atoms with Gasteiger partial charge in [0.1, 0.15) is 6.04 Å². The summed E-state index contributed by atoms with van der Waals surface area (Å²) in [7, 11) is 0. The van der Waals surface area contributed by atoms with Crippen molar-refractivity contribution >= 4 is 5.91 Å². The average Bonchev–Trinajstić information content (AvgIpc) is 2.92. The number of primary amides is 1. The van der Waals surface area contributed by atoms with Crippen molar-refractivity contribution in [3.8, 4) is 0 Å². The van der Waals surface area contributed by atoms with Crippen LogP contribution in [0.2, 0.25) is 0 Å². The summed E-state index contributed by atoms with van der Waals surface area (Å²) in [6, 6.07) is 7.51. The third kappa shape index (κ3) is 3.55. The molecule has 0 spiro atoms. The third-order valence-corrected chi connectivity index (χ3v) is 3.61. The van der Waals surface area contributed by atoms with Crippen LogP contribution in [0.25, 0.3) is 0 Å². The van der Waals surface area contributed by atoms with Crippen LogP contribution in [0.1, 0.15) is 36.9 Å². The van der Waals surface area contributed by atoms with Gasteiger partial charge in [-0.2, -0.15) is 0 Å². The first-order valence-electron chi connectivity index (χ1n) is 6.94. The zero-order valence-electron chi connectivity index (χ0n) is 11.4. The summed E-state index contributed by atoms with van der Waals surface area (Å²) in [4.78, 5) is 11.7. The molecule has 2 rings (SSSR count). The van der Waals surface area contributed by atoms with E-state index >= 15 is 0 Å². The minimum atomic E-state index is -0.430. The Kier molecular flexibility index (Phi) is 4.93. The minimum Gasteiger partial charge on any atom is -0.377 e. The molecule has 1 fully saturated rings. The summed E-state index contributed by atoms with van der Waals surface area (Å²) in [5.74, 6) is -0.334. The highest BCUT2D eigenvalue weighted by Gasteiger charge is 2.22. The van der Waals surface area contributed by atoms with Gasteiger partial charge in [-0.05, 0) is 30.4 Å². The molecule has 0 saturated carbocycles.